The van der Waals surface area contributed by atoms with E-state index in [0.29, 0.717) is 12.1 Å². The van der Waals surface area contributed by atoms with Gasteiger partial charge in [0.25, 0.3) is 5.69 Å². The monoisotopic (exact) mass is 280 g/mol. The van der Waals surface area contributed by atoms with Crippen molar-refractivity contribution in [2.24, 2.45) is 5.92 Å². The number of esters is 1. The van der Waals surface area contributed by atoms with Gasteiger partial charge in [0.05, 0.1) is 11.5 Å². The van der Waals surface area contributed by atoms with Crippen molar-refractivity contribution in [3.8, 4) is 0 Å². The lowest BCUT2D eigenvalue weighted by Gasteiger charge is -2.13. The number of ether oxygens (including phenoxy) is 1. The summed E-state index contributed by atoms with van der Waals surface area (Å²) >= 11 is 0. The average molecular weight is 280 g/mol. The Balaban J connectivity index is 2.73. The molecule has 1 unspecified atom stereocenters. The zero-order chi connectivity index (χ0) is 15.1. The Kier molecular flexibility index (Phi) is 5.64. The summed E-state index contributed by atoms with van der Waals surface area (Å²) in [7, 11) is 0. The van der Waals surface area contributed by atoms with Gasteiger partial charge in [0.15, 0.2) is 0 Å². The number of carbonyl (C=O) groups is 2. The zero-order valence-electron chi connectivity index (χ0n) is 11.3. The smallest absolute Gasteiger partial charge is 0.318 e. The molecule has 0 spiro atoms. The predicted molar refractivity (Wildman–Crippen MR) is 72.1 cm³/mol. The standard InChI is InChI=1S/C13H16N2O5/c1-3-11(13(17)20-4-2)12(16)14-9-5-7-10(8-6-9)15(18)19/h5-8,11H,3-4H2,1-2H3,(H,14,16). The second kappa shape index (κ2) is 7.22. The Hall–Kier alpha value is -2.44. The van der Waals surface area contributed by atoms with Crippen LogP contribution in [-0.2, 0) is 14.3 Å². The van der Waals surface area contributed by atoms with Gasteiger partial charge in [0, 0.05) is 17.8 Å². The molecule has 0 radical (unpaired) electrons. The molecule has 7 nitrogen and oxygen atoms in total. The van der Waals surface area contributed by atoms with E-state index in [1.54, 1.807) is 13.8 Å². The van der Waals surface area contributed by atoms with Crippen LogP contribution in [0.5, 0.6) is 0 Å². The molecule has 0 fully saturated rings. The van der Waals surface area contributed by atoms with Gasteiger partial charge in [0.1, 0.15) is 5.92 Å². The second-order valence-electron chi connectivity index (χ2n) is 4.01. The maximum atomic E-state index is 11.9. The quantitative estimate of drug-likeness (QED) is 0.372. The molecule has 1 N–H and O–H groups in total. The minimum Gasteiger partial charge on any atom is -0.465 e. The molecule has 0 aliphatic rings. The van der Waals surface area contributed by atoms with E-state index in [-0.39, 0.29) is 12.3 Å². The third-order valence-corrected chi connectivity index (χ3v) is 2.64. The maximum absolute atomic E-state index is 11.9. The number of carbonyl (C=O) groups excluding carboxylic acids is 2. The number of non-ortho nitro benzene ring substituents is 1. The van der Waals surface area contributed by atoms with Crippen LogP contribution in [0, 0.1) is 16.0 Å². The van der Waals surface area contributed by atoms with E-state index in [1.807, 2.05) is 0 Å². The molecule has 7 heteroatoms. The summed E-state index contributed by atoms with van der Waals surface area (Å²) < 4.78 is 4.82. The highest BCUT2D eigenvalue weighted by Gasteiger charge is 2.26. The summed E-state index contributed by atoms with van der Waals surface area (Å²) in [5.41, 5.74) is 0.323. The van der Waals surface area contributed by atoms with Crippen LogP contribution in [0.1, 0.15) is 20.3 Å². The fourth-order valence-corrected chi connectivity index (χ4v) is 1.60. The number of nitrogens with one attached hydrogen (secondary N) is 1. The van der Waals surface area contributed by atoms with Gasteiger partial charge in [-0.15, -0.1) is 0 Å². The molecule has 0 bridgehead atoms. The van der Waals surface area contributed by atoms with Gasteiger partial charge in [-0.25, -0.2) is 0 Å². The van der Waals surface area contributed by atoms with Crippen LogP contribution in [0.2, 0.25) is 0 Å². The van der Waals surface area contributed by atoms with Crippen molar-refractivity contribution in [2.45, 2.75) is 20.3 Å². The lowest BCUT2D eigenvalue weighted by Crippen LogP contribution is -2.30. The molecule has 0 saturated heterocycles. The Labute approximate surface area is 116 Å². The number of nitro benzene ring substituents is 1. The van der Waals surface area contributed by atoms with E-state index < -0.39 is 22.7 Å². The third-order valence-electron chi connectivity index (χ3n) is 2.64. The minimum absolute atomic E-state index is 0.0690. The number of anilines is 1. The predicted octanol–water partition coefficient (Wildman–Crippen LogP) is 2.12. The van der Waals surface area contributed by atoms with Crippen LogP contribution in [0.25, 0.3) is 0 Å². The topological polar surface area (TPSA) is 98.5 Å². The van der Waals surface area contributed by atoms with Crippen LogP contribution in [0.4, 0.5) is 11.4 Å². The summed E-state index contributed by atoms with van der Waals surface area (Å²) in [6.45, 7) is 3.58. The van der Waals surface area contributed by atoms with Crippen LogP contribution in [0.15, 0.2) is 24.3 Å². The van der Waals surface area contributed by atoms with E-state index >= 15 is 0 Å². The van der Waals surface area contributed by atoms with Gasteiger partial charge in [0.2, 0.25) is 5.91 Å². The van der Waals surface area contributed by atoms with Crippen molar-refractivity contribution in [1.82, 2.24) is 0 Å². The molecule has 0 aromatic heterocycles. The molecule has 0 saturated carbocycles. The number of hydrogen-bond acceptors (Lipinski definition) is 5. The summed E-state index contributed by atoms with van der Waals surface area (Å²) in [5.74, 6) is -1.95. The Morgan fingerprint density at radius 1 is 1.30 bits per heavy atom. The number of amides is 1. The fraction of sp³-hybridized carbons (Fsp3) is 0.385. The van der Waals surface area contributed by atoms with Crippen molar-refractivity contribution in [3.05, 3.63) is 34.4 Å². The van der Waals surface area contributed by atoms with Gasteiger partial charge >= 0.3 is 5.97 Å². The van der Waals surface area contributed by atoms with E-state index in [9.17, 15) is 19.7 Å². The lowest BCUT2D eigenvalue weighted by molar-refractivity contribution is -0.384. The van der Waals surface area contributed by atoms with Gasteiger partial charge in [-0.05, 0) is 25.5 Å². The average Bonchev–Trinajstić information content (AvgIpc) is 2.40. The first-order chi connectivity index (χ1) is 9.49. The highest BCUT2D eigenvalue weighted by Crippen LogP contribution is 2.17. The molecular weight excluding hydrogens is 264 g/mol. The normalized spacial score (nSPS) is 11.5. The van der Waals surface area contributed by atoms with E-state index in [1.165, 1.54) is 24.3 Å². The van der Waals surface area contributed by atoms with Gasteiger partial charge in [-0.3, -0.25) is 19.7 Å². The summed E-state index contributed by atoms with van der Waals surface area (Å²) in [5, 5.41) is 13.0. The Bertz CT molecular complexity index is 498. The first-order valence-corrected chi connectivity index (χ1v) is 6.21. The lowest BCUT2D eigenvalue weighted by atomic mass is 10.1. The number of benzene rings is 1. The molecule has 1 amide bonds. The fourth-order valence-electron chi connectivity index (χ4n) is 1.60. The Morgan fingerprint density at radius 2 is 1.90 bits per heavy atom. The zero-order valence-corrected chi connectivity index (χ0v) is 11.3. The SMILES string of the molecule is CCOC(=O)C(CC)C(=O)Nc1ccc([N+](=O)[O-])cc1. The van der Waals surface area contributed by atoms with Gasteiger partial charge < -0.3 is 10.1 Å². The Morgan fingerprint density at radius 3 is 2.35 bits per heavy atom. The van der Waals surface area contributed by atoms with Crippen LogP contribution >= 0.6 is 0 Å². The van der Waals surface area contributed by atoms with Crippen molar-refractivity contribution >= 4 is 23.3 Å². The van der Waals surface area contributed by atoms with Gasteiger partial charge in [-0.2, -0.15) is 0 Å². The molecule has 20 heavy (non-hydrogen) atoms. The number of nitro groups is 1. The highest BCUT2D eigenvalue weighted by atomic mass is 16.6. The highest BCUT2D eigenvalue weighted by molar-refractivity contribution is 6.04. The second-order valence-corrected chi connectivity index (χ2v) is 4.01. The van der Waals surface area contributed by atoms with Crippen molar-refractivity contribution in [1.29, 1.82) is 0 Å². The largest absolute Gasteiger partial charge is 0.465 e. The van der Waals surface area contributed by atoms with Crippen LogP contribution in [0.3, 0.4) is 0 Å². The number of nitrogens with zero attached hydrogens (tertiary/aromatic N) is 1. The van der Waals surface area contributed by atoms with Crippen molar-refractivity contribution in [3.63, 3.8) is 0 Å². The molecule has 0 aliphatic carbocycles. The third kappa shape index (κ3) is 4.04. The van der Waals surface area contributed by atoms with Crippen molar-refractivity contribution in [2.75, 3.05) is 11.9 Å². The molecule has 1 atom stereocenters. The van der Waals surface area contributed by atoms with E-state index in [2.05, 4.69) is 5.32 Å². The molecule has 0 aliphatic heterocycles. The first-order valence-electron chi connectivity index (χ1n) is 6.21. The molecule has 108 valence electrons. The van der Waals surface area contributed by atoms with Gasteiger partial charge in [-0.1, -0.05) is 6.92 Å². The number of rotatable bonds is 6. The maximum Gasteiger partial charge on any atom is 0.318 e. The molecular formula is C13H16N2O5. The van der Waals surface area contributed by atoms with E-state index in [4.69, 9.17) is 4.74 Å². The molecule has 1 aromatic rings. The summed E-state index contributed by atoms with van der Waals surface area (Å²) in [6, 6.07) is 5.38. The van der Waals surface area contributed by atoms with E-state index in [0.717, 1.165) is 0 Å². The minimum atomic E-state index is -0.884. The molecule has 0 heterocycles. The summed E-state index contributed by atoms with van der Waals surface area (Å²) in [4.78, 5) is 33.5. The molecule has 1 aromatic carbocycles. The summed E-state index contributed by atoms with van der Waals surface area (Å²) in [6.07, 6.45) is 0.317. The number of hydrogen-bond donors (Lipinski definition) is 1. The van der Waals surface area contributed by atoms with Crippen LogP contribution < -0.4 is 5.32 Å². The first kappa shape index (κ1) is 15.6. The molecule has 1 rings (SSSR count). The van der Waals surface area contributed by atoms with Crippen molar-refractivity contribution < 1.29 is 19.2 Å². The van der Waals surface area contributed by atoms with Crippen LogP contribution in [-0.4, -0.2) is 23.4 Å².